The molecule has 1 aromatic heterocycles. The van der Waals surface area contributed by atoms with E-state index >= 15 is 0 Å². The second kappa shape index (κ2) is 8.49. The molecular formula is C26H29F2N3. The molecule has 1 aromatic carbocycles. The fraction of sp³-hybridized carbons (Fsp3) is 0.500. The summed E-state index contributed by atoms with van der Waals surface area (Å²) in [5.74, 6) is 0.629. The van der Waals surface area contributed by atoms with Crippen molar-refractivity contribution in [2.24, 2.45) is 0 Å². The van der Waals surface area contributed by atoms with Gasteiger partial charge in [-0.1, -0.05) is 43.5 Å². The molecule has 2 aliphatic carbocycles. The summed E-state index contributed by atoms with van der Waals surface area (Å²) in [7, 11) is 0. The average molecular weight is 422 g/mol. The lowest BCUT2D eigenvalue weighted by Crippen LogP contribution is -2.39. The zero-order valence-corrected chi connectivity index (χ0v) is 17.9. The van der Waals surface area contributed by atoms with Crippen molar-refractivity contribution < 1.29 is 8.78 Å². The highest BCUT2D eigenvalue weighted by Crippen LogP contribution is 2.44. The number of benzene rings is 1. The molecule has 0 spiro atoms. The first-order chi connectivity index (χ1) is 15.3. The first-order valence-corrected chi connectivity index (χ1v) is 11.6. The average Bonchev–Trinajstić information content (AvgIpc) is 3.62. The molecule has 2 saturated carbocycles. The van der Waals surface area contributed by atoms with Crippen molar-refractivity contribution in [3.63, 3.8) is 0 Å². The Balaban J connectivity index is 1.75. The van der Waals surface area contributed by atoms with Crippen LogP contribution in [0.4, 0.5) is 8.78 Å². The minimum absolute atomic E-state index is 0.311. The van der Waals surface area contributed by atoms with Crippen LogP contribution in [0.15, 0.2) is 36.4 Å². The predicted octanol–water partition coefficient (Wildman–Crippen LogP) is 6.42. The summed E-state index contributed by atoms with van der Waals surface area (Å²) in [6, 6.07) is 8.46. The number of hydrogen-bond acceptors (Lipinski definition) is 2. The molecule has 162 valence electrons. The third kappa shape index (κ3) is 3.56. The number of alkyl halides is 2. The topological polar surface area (TPSA) is 32.0 Å². The number of fused-ring (bicyclic) bond motifs is 1. The fourth-order valence-corrected chi connectivity index (χ4v) is 5.38. The second-order valence-corrected chi connectivity index (χ2v) is 9.14. The summed E-state index contributed by atoms with van der Waals surface area (Å²) in [4.78, 5) is 1.80. The van der Waals surface area contributed by atoms with E-state index in [-0.39, 0.29) is 0 Å². The molecule has 2 fully saturated rings. The van der Waals surface area contributed by atoms with Crippen molar-refractivity contribution in [1.82, 2.24) is 9.47 Å². The zero-order valence-electron chi connectivity index (χ0n) is 17.9. The van der Waals surface area contributed by atoms with E-state index in [2.05, 4.69) is 28.8 Å². The maximum absolute atomic E-state index is 13.7. The third-order valence-corrected chi connectivity index (χ3v) is 7.17. The standard InChI is InChI=1S/C26H29F2N3/c27-15-21(16-28)30-13-5-4-8-24(30)26-23(17-29)22-12-11-19(18-9-10-18)14-25(22)31(26)20-6-2-1-3-7-20/h4-5,8,11-12,14,18,20-21H,1-3,6-7,9-10,13,15-16H2. The summed E-state index contributed by atoms with van der Waals surface area (Å²) < 4.78 is 29.8. The highest BCUT2D eigenvalue weighted by atomic mass is 19.1. The van der Waals surface area contributed by atoms with Crippen LogP contribution in [0, 0.1) is 11.3 Å². The maximum atomic E-state index is 13.7. The van der Waals surface area contributed by atoms with Crippen molar-refractivity contribution in [1.29, 1.82) is 5.26 Å². The Morgan fingerprint density at radius 3 is 2.52 bits per heavy atom. The Labute approximate surface area is 182 Å². The van der Waals surface area contributed by atoms with E-state index in [0.29, 0.717) is 24.1 Å². The Morgan fingerprint density at radius 2 is 1.84 bits per heavy atom. The molecule has 0 atom stereocenters. The van der Waals surface area contributed by atoms with E-state index in [1.54, 1.807) is 4.90 Å². The summed E-state index contributed by atoms with van der Waals surface area (Å²) in [6.07, 6.45) is 14.0. The van der Waals surface area contributed by atoms with E-state index in [4.69, 9.17) is 0 Å². The highest BCUT2D eigenvalue weighted by Gasteiger charge is 2.32. The highest BCUT2D eigenvalue weighted by molar-refractivity contribution is 5.93. The largest absolute Gasteiger partial charge is 0.358 e. The van der Waals surface area contributed by atoms with Crippen LogP contribution in [-0.2, 0) is 0 Å². The normalized spacial score (nSPS) is 19.8. The molecule has 2 aromatic rings. The smallest absolute Gasteiger partial charge is 0.112 e. The van der Waals surface area contributed by atoms with Crippen LogP contribution in [-0.4, -0.2) is 35.4 Å². The predicted molar refractivity (Wildman–Crippen MR) is 120 cm³/mol. The van der Waals surface area contributed by atoms with Gasteiger partial charge in [0.2, 0.25) is 0 Å². The number of halogens is 2. The zero-order chi connectivity index (χ0) is 21.4. The first-order valence-electron chi connectivity index (χ1n) is 11.6. The van der Waals surface area contributed by atoms with Crippen molar-refractivity contribution in [3.05, 3.63) is 53.2 Å². The van der Waals surface area contributed by atoms with Gasteiger partial charge in [0, 0.05) is 18.0 Å². The van der Waals surface area contributed by atoms with Crippen LogP contribution in [0.3, 0.4) is 0 Å². The number of nitriles is 1. The van der Waals surface area contributed by atoms with Gasteiger partial charge < -0.3 is 9.47 Å². The van der Waals surface area contributed by atoms with Gasteiger partial charge in [-0.05, 0) is 49.3 Å². The van der Waals surface area contributed by atoms with Gasteiger partial charge in [-0.3, -0.25) is 0 Å². The molecule has 0 bridgehead atoms. The van der Waals surface area contributed by atoms with Gasteiger partial charge in [0.05, 0.1) is 28.5 Å². The van der Waals surface area contributed by atoms with Crippen molar-refractivity contribution >= 4 is 16.6 Å². The Kier molecular flexibility index (Phi) is 5.56. The number of aromatic nitrogens is 1. The molecule has 5 rings (SSSR count). The van der Waals surface area contributed by atoms with Gasteiger partial charge in [-0.15, -0.1) is 0 Å². The molecule has 2 heterocycles. The summed E-state index contributed by atoms with van der Waals surface area (Å²) in [5.41, 5.74) is 4.70. The van der Waals surface area contributed by atoms with E-state index < -0.39 is 19.4 Å². The SMILES string of the molecule is N#Cc1c(C2=CC=CCN2C(CF)CF)n(C2CCCCC2)c2cc(C3CC3)ccc12. The fourth-order valence-electron chi connectivity index (χ4n) is 5.38. The molecule has 0 N–H and O–H groups in total. The van der Waals surface area contributed by atoms with E-state index in [1.807, 2.05) is 18.2 Å². The molecule has 0 radical (unpaired) electrons. The molecule has 5 heteroatoms. The maximum Gasteiger partial charge on any atom is 0.112 e. The minimum Gasteiger partial charge on any atom is -0.358 e. The number of hydrogen-bond donors (Lipinski definition) is 0. The Hall–Kier alpha value is -2.61. The van der Waals surface area contributed by atoms with Crippen molar-refractivity contribution in [3.8, 4) is 6.07 Å². The van der Waals surface area contributed by atoms with E-state index in [0.717, 1.165) is 35.1 Å². The number of nitrogens with zero attached hydrogens (tertiary/aromatic N) is 3. The van der Waals surface area contributed by atoms with E-state index in [9.17, 15) is 14.0 Å². The molecule has 1 aliphatic heterocycles. The molecule has 3 nitrogen and oxygen atoms in total. The second-order valence-electron chi connectivity index (χ2n) is 9.14. The number of allylic oxidation sites excluding steroid dienone is 2. The number of rotatable bonds is 6. The lowest BCUT2D eigenvalue weighted by molar-refractivity contribution is 0.211. The van der Waals surface area contributed by atoms with Crippen LogP contribution in [0.25, 0.3) is 16.6 Å². The Morgan fingerprint density at radius 1 is 1.06 bits per heavy atom. The minimum atomic E-state index is -0.831. The van der Waals surface area contributed by atoms with Crippen LogP contribution >= 0.6 is 0 Å². The Bertz CT molecular complexity index is 1060. The molecule has 3 aliphatic rings. The first kappa shape index (κ1) is 20.3. The summed E-state index contributed by atoms with van der Waals surface area (Å²) in [5, 5.41) is 11.2. The van der Waals surface area contributed by atoms with Gasteiger partial charge in [-0.25, -0.2) is 8.78 Å². The third-order valence-electron chi connectivity index (χ3n) is 7.17. The van der Waals surface area contributed by atoms with Crippen molar-refractivity contribution in [2.75, 3.05) is 19.9 Å². The molecule has 31 heavy (non-hydrogen) atoms. The van der Waals surface area contributed by atoms with Crippen LogP contribution in [0.2, 0.25) is 0 Å². The van der Waals surface area contributed by atoms with Crippen LogP contribution < -0.4 is 0 Å². The van der Waals surface area contributed by atoms with Crippen molar-refractivity contribution in [2.45, 2.75) is 62.9 Å². The van der Waals surface area contributed by atoms with Gasteiger partial charge in [0.15, 0.2) is 0 Å². The molecule has 0 amide bonds. The monoisotopic (exact) mass is 421 g/mol. The van der Waals surface area contributed by atoms with Crippen LogP contribution in [0.5, 0.6) is 0 Å². The van der Waals surface area contributed by atoms with E-state index in [1.165, 1.54) is 37.7 Å². The quantitative estimate of drug-likeness (QED) is 0.539. The summed E-state index contributed by atoms with van der Waals surface area (Å²) >= 11 is 0. The van der Waals surface area contributed by atoms with Gasteiger partial charge in [0.1, 0.15) is 19.4 Å². The lowest BCUT2D eigenvalue weighted by atomic mass is 9.94. The molecular weight excluding hydrogens is 392 g/mol. The lowest BCUT2D eigenvalue weighted by Gasteiger charge is -2.35. The molecule has 0 saturated heterocycles. The molecule has 0 unspecified atom stereocenters. The summed E-state index contributed by atoms with van der Waals surface area (Å²) in [6.45, 7) is -1.05. The van der Waals surface area contributed by atoms with Gasteiger partial charge in [0.25, 0.3) is 0 Å². The van der Waals surface area contributed by atoms with Gasteiger partial charge >= 0.3 is 0 Å². The van der Waals surface area contributed by atoms with Crippen LogP contribution in [0.1, 0.15) is 73.7 Å². The van der Waals surface area contributed by atoms with Gasteiger partial charge in [-0.2, -0.15) is 5.26 Å².